The van der Waals surface area contributed by atoms with Crippen LogP contribution in [0, 0.1) is 0 Å². The Morgan fingerprint density at radius 2 is 2.03 bits per heavy atom. The minimum atomic E-state index is -0.715. The average Bonchev–Trinajstić information content (AvgIpc) is 3.41. The number of amides is 1. The molecule has 0 fully saturated rings. The van der Waals surface area contributed by atoms with Crippen molar-refractivity contribution in [3.63, 3.8) is 0 Å². The molecule has 3 heterocycles. The summed E-state index contributed by atoms with van der Waals surface area (Å²) in [7, 11) is 1.55. The maximum Gasteiger partial charge on any atom is 0.297 e. The molecule has 1 aliphatic rings. The molecule has 9 heteroatoms. The Hall–Kier alpha value is -3.17. The van der Waals surface area contributed by atoms with Gasteiger partial charge >= 0.3 is 0 Å². The molecule has 4 aromatic rings. The SMILES string of the molecule is CCOc1ccc(C2c3c(oc4ccc(Br)cc4c3=O)C(=O)N2c2nccs2)cc1OC. The summed E-state index contributed by atoms with van der Waals surface area (Å²) in [5.74, 6) is 0.712. The molecule has 1 atom stereocenters. The van der Waals surface area contributed by atoms with Gasteiger partial charge in [0, 0.05) is 16.0 Å². The summed E-state index contributed by atoms with van der Waals surface area (Å²) in [6.07, 6.45) is 1.62. The second-order valence-corrected chi connectivity index (χ2v) is 8.84. The van der Waals surface area contributed by atoms with Crippen LogP contribution in [0.2, 0.25) is 0 Å². The monoisotopic (exact) mass is 512 g/mol. The first-order chi connectivity index (χ1) is 15.5. The van der Waals surface area contributed by atoms with Gasteiger partial charge in [0.25, 0.3) is 5.91 Å². The first-order valence-electron chi connectivity index (χ1n) is 9.83. The number of halogens is 1. The van der Waals surface area contributed by atoms with Crippen molar-refractivity contribution < 1.29 is 18.7 Å². The zero-order chi connectivity index (χ0) is 22.4. The van der Waals surface area contributed by atoms with E-state index in [0.29, 0.717) is 39.8 Å². The normalized spacial score (nSPS) is 15.3. The van der Waals surface area contributed by atoms with Crippen LogP contribution in [0.25, 0.3) is 11.0 Å². The van der Waals surface area contributed by atoms with E-state index in [1.807, 2.05) is 13.0 Å². The molecular weight excluding hydrogens is 496 g/mol. The number of ether oxygens (including phenoxy) is 2. The number of nitrogens with zero attached hydrogens (tertiary/aromatic N) is 2. The Kier molecular flexibility index (Phi) is 5.22. The molecule has 1 aliphatic heterocycles. The number of thiazole rings is 1. The van der Waals surface area contributed by atoms with Gasteiger partial charge in [-0.3, -0.25) is 14.5 Å². The molecule has 2 aromatic carbocycles. The second kappa shape index (κ2) is 8.07. The fourth-order valence-corrected chi connectivity index (χ4v) is 4.95. The van der Waals surface area contributed by atoms with Gasteiger partial charge in [0.05, 0.1) is 30.7 Å². The Bertz CT molecular complexity index is 1400. The van der Waals surface area contributed by atoms with Crippen molar-refractivity contribution in [1.29, 1.82) is 0 Å². The van der Waals surface area contributed by atoms with Crippen molar-refractivity contribution in [2.45, 2.75) is 13.0 Å². The van der Waals surface area contributed by atoms with Crippen LogP contribution in [-0.2, 0) is 0 Å². The highest BCUT2D eigenvalue weighted by Crippen LogP contribution is 2.43. The molecule has 7 nitrogen and oxygen atoms in total. The molecule has 0 spiro atoms. The lowest BCUT2D eigenvalue weighted by Crippen LogP contribution is -2.29. The molecule has 162 valence electrons. The molecule has 0 N–H and O–H groups in total. The summed E-state index contributed by atoms with van der Waals surface area (Å²) < 4.78 is 17.8. The van der Waals surface area contributed by atoms with E-state index in [9.17, 15) is 9.59 Å². The Balaban J connectivity index is 1.78. The Morgan fingerprint density at radius 1 is 1.19 bits per heavy atom. The topological polar surface area (TPSA) is 81.9 Å². The number of methoxy groups -OCH3 is 1. The Morgan fingerprint density at radius 3 is 2.75 bits per heavy atom. The zero-order valence-corrected chi connectivity index (χ0v) is 19.5. The van der Waals surface area contributed by atoms with E-state index < -0.39 is 11.9 Å². The van der Waals surface area contributed by atoms with Crippen molar-refractivity contribution in [2.24, 2.45) is 0 Å². The van der Waals surface area contributed by atoms with Gasteiger partial charge in [-0.15, -0.1) is 11.3 Å². The number of hydrogen-bond acceptors (Lipinski definition) is 7. The van der Waals surface area contributed by atoms with Crippen molar-refractivity contribution in [3.8, 4) is 11.5 Å². The van der Waals surface area contributed by atoms with Crippen LogP contribution in [0.1, 0.15) is 34.6 Å². The number of aromatic nitrogens is 1. The molecule has 0 bridgehead atoms. The molecule has 32 heavy (non-hydrogen) atoms. The lowest BCUT2D eigenvalue weighted by atomic mass is 9.98. The molecule has 0 saturated heterocycles. The van der Waals surface area contributed by atoms with Crippen LogP contribution in [-0.4, -0.2) is 24.6 Å². The number of rotatable bonds is 5. The van der Waals surface area contributed by atoms with E-state index in [4.69, 9.17) is 13.9 Å². The third-order valence-electron chi connectivity index (χ3n) is 5.26. The van der Waals surface area contributed by atoms with Gasteiger partial charge in [0.1, 0.15) is 5.58 Å². The third-order valence-corrected chi connectivity index (χ3v) is 6.52. The molecule has 0 radical (unpaired) electrons. The van der Waals surface area contributed by atoms with E-state index >= 15 is 0 Å². The van der Waals surface area contributed by atoms with E-state index in [1.54, 1.807) is 49.0 Å². The number of anilines is 1. The minimum Gasteiger partial charge on any atom is -0.493 e. The predicted octanol–water partition coefficient (Wildman–Crippen LogP) is 5.17. The quantitative estimate of drug-likeness (QED) is 0.366. The molecule has 0 saturated carbocycles. The van der Waals surface area contributed by atoms with Crippen molar-refractivity contribution in [1.82, 2.24) is 4.98 Å². The number of fused-ring (bicyclic) bond motifs is 2. The smallest absolute Gasteiger partial charge is 0.297 e. The first kappa shape index (κ1) is 20.7. The summed E-state index contributed by atoms with van der Waals surface area (Å²) in [5, 5.41) is 2.66. The van der Waals surface area contributed by atoms with E-state index in [1.165, 1.54) is 16.2 Å². The maximum atomic E-state index is 13.6. The molecule has 2 aromatic heterocycles. The average molecular weight is 513 g/mol. The van der Waals surface area contributed by atoms with Gasteiger partial charge in [-0.1, -0.05) is 22.0 Å². The summed E-state index contributed by atoms with van der Waals surface area (Å²) in [6.45, 7) is 2.37. The minimum absolute atomic E-state index is 0.0258. The predicted molar refractivity (Wildman–Crippen MR) is 125 cm³/mol. The standard InChI is InChI=1S/C23H17BrN2O5S/c1-3-30-16-6-4-12(10-17(16)29-2)19-18-20(27)14-11-13(24)5-7-15(14)31-21(18)22(28)26(19)23-25-8-9-32-23/h4-11,19H,3H2,1-2H3. The number of benzene rings is 2. The van der Waals surface area contributed by atoms with Gasteiger partial charge in [0.15, 0.2) is 22.1 Å². The van der Waals surface area contributed by atoms with Crippen molar-refractivity contribution in [2.75, 3.05) is 18.6 Å². The summed E-state index contributed by atoms with van der Waals surface area (Å²) in [4.78, 5) is 32.9. The molecular formula is C23H17BrN2O5S. The fraction of sp³-hybridized carbons (Fsp3) is 0.174. The van der Waals surface area contributed by atoms with Gasteiger partial charge in [0.2, 0.25) is 5.76 Å². The van der Waals surface area contributed by atoms with Gasteiger partial charge < -0.3 is 13.9 Å². The van der Waals surface area contributed by atoms with Crippen LogP contribution in [0.5, 0.6) is 11.5 Å². The van der Waals surface area contributed by atoms with Crippen molar-refractivity contribution >= 4 is 49.3 Å². The first-order valence-corrected chi connectivity index (χ1v) is 11.5. The summed E-state index contributed by atoms with van der Waals surface area (Å²) in [5.41, 5.74) is 1.07. The van der Waals surface area contributed by atoms with Crippen LogP contribution < -0.4 is 19.8 Å². The molecule has 1 unspecified atom stereocenters. The highest BCUT2D eigenvalue weighted by molar-refractivity contribution is 9.10. The summed E-state index contributed by atoms with van der Waals surface area (Å²) >= 11 is 4.72. The molecule has 1 amide bonds. The highest BCUT2D eigenvalue weighted by atomic mass is 79.9. The number of hydrogen-bond donors (Lipinski definition) is 0. The Labute approximate surface area is 195 Å². The van der Waals surface area contributed by atoms with Crippen LogP contribution in [0.4, 0.5) is 5.13 Å². The van der Waals surface area contributed by atoms with E-state index in [2.05, 4.69) is 20.9 Å². The van der Waals surface area contributed by atoms with Crippen LogP contribution in [0.3, 0.4) is 0 Å². The number of carbonyl (C=O) groups is 1. The van der Waals surface area contributed by atoms with Gasteiger partial charge in [-0.2, -0.15) is 0 Å². The van der Waals surface area contributed by atoms with E-state index in [0.717, 1.165) is 4.47 Å². The second-order valence-electron chi connectivity index (χ2n) is 7.05. The van der Waals surface area contributed by atoms with Crippen LogP contribution in [0.15, 0.2) is 61.7 Å². The molecule has 0 aliphatic carbocycles. The van der Waals surface area contributed by atoms with E-state index in [-0.39, 0.29) is 16.8 Å². The lowest BCUT2D eigenvalue weighted by Gasteiger charge is -2.23. The number of carbonyl (C=O) groups excluding carboxylic acids is 1. The van der Waals surface area contributed by atoms with Gasteiger partial charge in [-0.25, -0.2) is 4.98 Å². The summed E-state index contributed by atoms with van der Waals surface area (Å²) in [6, 6.07) is 9.81. The molecule has 5 rings (SSSR count). The van der Waals surface area contributed by atoms with Crippen LogP contribution >= 0.6 is 27.3 Å². The largest absolute Gasteiger partial charge is 0.493 e. The van der Waals surface area contributed by atoms with Crippen molar-refractivity contribution in [3.05, 3.63) is 79.6 Å². The zero-order valence-electron chi connectivity index (χ0n) is 17.1. The third kappa shape index (κ3) is 3.20. The van der Waals surface area contributed by atoms with Gasteiger partial charge in [-0.05, 0) is 42.8 Å². The fourth-order valence-electron chi connectivity index (χ4n) is 3.92. The maximum absolute atomic E-state index is 13.6. The lowest BCUT2D eigenvalue weighted by molar-refractivity contribution is 0.0971. The highest BCUT2D eigenvalue weighted by Gasteiger charge is 2.45.